The molecule has 1 aromatic heterocycles. The molecule has 1 saturated heterocycles. The number of amides is 2. The third kappa shape index (κ3) is 9.76. The van der Waals surface area contributed by atoms with Crippen LogP contribution in [0.25, 0.3) is 0 Å². The zero-order valence-corrected chi connectivity index (χ0v) is 38.9. The summed E-state index contributed by atoms with van der Waals surface area (Å²) in [5, 5.41) is 0.0967. The second-order valence-electron chi connectivity index (χ2n) is 19.3. The highest BCUT2D eigenvalue weighted by Gasteiger charge is 2.60. The molecule has 352 valence electrons. The first-order valence-electron chi connectivity index (χ1n) is 22.4. The Morgan fingerprint density at radius 1 is 1.00 bits per heavy atom. The van der Waals surface area contributed by atoms with Crippen molar-refractivity contribution in [3.05, 3.63) is 82.1 Å². The molecule has 3 aliphatic carbocycles. The number of fused-ring (bicyclic) bond motifs is 3. The molecular formula is C49H59ClF3N3O9. The number of likely N-dealkylation sites (tertiary alicyclic amines) is 1. The number of ether oxygens (including phenoxy) is 5. The summed E-state index contributed by atoms with van der Waals surface area (Å²) in [5.74, 6) is -2.10. The lowest BCUT2D eigenvalue weighted by Crippen LogP contribution is -2.63. The van der Waals surface area contributed by atoms with E-state index in [1.807, 2.05) is 24.3 Å². The van der Waals surface area contributed by atoms with E-state index in [4.69, 9.17) is 35.3 Å². The van der Waals surface area contributed by atoms with Crippen LogP contribution >= 0.6 is 11.6 Å². The van der Waals surface area contributed by atoms with Crippen LogP contribution in [0.2, 0.25) is 5.02 Å². The number of rotatable bonds is 11. The first-order valence-corrected chi connectivity index (χ1v) is 22.8. The number of aromatic nitrogens is 1. The molecule has 0 radical (unpaired) electrons. The van der Waals surface area contributed by atoms with Gasteiger partial charge in [-0.2, -0.15) is 13.2 Å². The van der Waals surface area contributed by atoms with Crippen LogP contribution < -0.4 is 14.4 Å². The van der Waals surface area contributed by atoms with Crippen molar-refractivity contribution >= 4 is 41.2 Å². The molecule has 7 rings (SSSR count). The van der Waals surface area contributed by atoms with E-state index in [1.165, 1.54) is 36.3 Å². The van der Waals surface area contributed by atoms with Crippen LogP contribution in [0.15, 0.2) is 54.7 Å². The van der Waals surface area contributed by atoms with Gasteiger partial charge in [0.1, 0.15) is 34.8 Å². The number of benzene rings is 2. The standard InChI is InChI=1S/C49H59ClF3N3O9/c1-29(28-63-40-16-21-54-38-13-8-10-30(2)41(38)40)22-32-23-31-14-15-35(64-36-26-39(42(57)61-6)55(27-36)45(60)65-46(3,4)5)25-37(31)47(32)17-19-48(20-18-47,44(59)62-7)56(43(58)49(51,52)53)34-12-9-11-33(50)24-34/h9,11-12,14-16,21,24-25,29-30,32,36,39H,8,10,13,17-20,22-23,26-28H2,1-7H3/t29-,30-,32+,36-,39-,47?,48?/m1/s1. The second kappa shape index (κ2) is 18.7. The third-order valence-corrected chi connectivity index (χ3v) is 14.0. The van der Waals surface area contributed by atoms with E-state index in [9.17, 15) is 32.3 Å². The molecule has 5 atom stereocenters. The average Bonchev–Trinajstić information content (AvgIpc) is 3.81. The summed E-state index contributed by atoms with van der Waals surface area (Å²) >= 11 is 6.28. The smallest absolute Gasteiger partial charge is 0.471 e. The number of alkyl halides is 3. The summed E-state index contributed by atoms with van der Waals surface area (Å²) in [6.07, 6.45) is -0.0872. The van der Waals surface area contributed by atoms with Gasteiger partial charge in [0, 0.05) is 34.6 Å². The van der Waals surface area contributed by atoms with Gasteiger partial charge in [0.15, 0.2) is 0 Å². The molecule has 3 aromatic rings. The fourth-order valence-corrected chi connectivity index (χ4v) is 11.1. The van der Waals surface area contributed by atoms with Gasteiger partial charge in [-0.25, -0.2) is 14.4 Å². The Labute approximate surface area is 383 Å². The molecule has 0 N–H and O–H groups in total. The number of methoxy groups -OCH3 is 2. The van der Waals surface area contributed by atoms with Crippen molar-refractivity contribution in [3.8, 4) is 11.5 Å². The summed E-state index contributed by atoms with van der Waals surface area (Å²) in [7, 11) is 2.37. The predicted octanol–water partition coefficient (Wildman–Crippen LogP) is 9.70. The Morgan fingerprint density at radius 2 is 1.74 bits per heavy atom. The minimum absolute atomic E-state index is 0.0388. The Hall–Kier alpha value is -5.05. The third-order valence-electron chi connectivity index (χ3n) is 13.8. The molecule has 2 fully saturated rings. The Bertz CT molecular complexity index is 2270. The first-order chi connectivity index (χ1) is 30.7. The van der Waals surface area contributed by atoms with Crippen LogP contribution in [-0.2, 0) is 46.9 Å². The summed E-state index contributed by atoms with van der Waals surface area (Å²) in [4.78, 5) is 60.2. The maximum Gasteiger partial charge on any atom is 0.471 e. The molecule has 1 saturated carbocycles. The lowest BCUT2D eigenvalue weighted by molar-refractivity contribution is -0.174. The SMILES string of the molecule is COC(=O)[C@H]1C[C@@H](Oc2ccc3c(c2)C2(CCC(C(=O)OC)(N(C(=O)C(F)(F)F)c4cccc(Cl)c4)CC2)[C@@H](C[C@@H](C)COc2ccnc4c2[C@H](C)CCC4)C3)CN1C(=O)OC(C)(C)C. The molecule has 1 aliphatic heterocycles. The van der Waals surface area contributed by atoms with Gasteiger partial charge in [-0.05, 0) is 149 Å². The lowest BCUT2D eigenvalue weighted by atomic mass is 9.59. The molecule has 65 heavy (non-hydrogen) atoms. The van der Waals surface area contributed by atoms with E-state index >= 15 is 0 Å². The van der Waals surface area contributed by atoms with Crippen LogP contribution in [0.1, 0.15) is 114 Å². The van der Waals surface area contributed by atoms with E-state index in [-0.39, 0.29) is 61.2 Å². The zero-order valence-electron chi connectivity index (χ0n) is 38.1. The predicted molar refractivity (Wildman–Crippen MR) is 236 cm³/mol. The van der Waals surface area contributed by atoms with Gasteiger partial charge in [-0.1, -0.05) is 37.6 Å². The van der Waals surface area contributed by atoms with E-state index < -0.39 is 58.8 Å². The fourth-order valence-electron chi connectivity index (χ4n) is 10.9. The van der Waals surface area contributed by atoms with Gasteiger partial charge in [-0.15, -0.1) is 0 Å². The van der Waals surface area contributed by atoms with Crippen molar-refractivity contribution in [2.75, 3.05) is 32.3 Å². The Morgan fingerprint density at radius 3 is 2.40 bits per heavy atom. The quantitative estimate of drug-likeness (QED) is 0.135. The highest BCUT2D eigenvalue weighted by Crippen LogP contribution is 2.58. The van der Waals surface area contributed by atoms with Gasteiger partial charge in [0.05, 0.1) is 27.4 Å². The highest BCUT2D eigenvalue weighted by molar-refractivity contribution is 6.31. The molecule has 16 heteroatoms. The van der Waals surface area contributed by atoms with Crippen molar-refractivity contribution in [1.29, 1.82) is 0 Å². The number of carbonyl (C=O) groups is 4. The number of nitrogens with zero attached hydrogens (tertiary/aromatic N) is 3. The number of esters is 2. The number of carbonyl (C=O) groups excluding carboxylic acids is 4. The van der Waals surface area contributed by atoms with E-state index in [0.29, 0.717) is 36.0 Å². The summed E-state index contributed by atoms with van der Waals surface area (Å²) < 4.78 is 72.7. The van der Waals surface area contributed by atoms with Gasteiger partial charge < -0.3 is 23.7 Å². The van der Waals surface area contributed by atoms with E-state index in [0.717, 1.165) is 54.5 Å². The Balaban J connectivity index is 1.22. The van der Waals surface area contributed by atoms with Gasteiger partial charge >= 0.3 is 30.1 Å². The summed E-state index contributed by atoms with van der Waals surface area (Å²) in [5.41, 5.74) is 0.542. The molecule has 1 spiro atoms. The highest BCUT2D eigenvalue weighted by atomic mass is 35.5. The molecule has 2 amide bonds. The normalized spacial score (nSPS) is 25.6. The van der Waals surface area contributed by atoms with Crippen molar-refractivity contribution in [2.24, 2.45) is 11.8 Å². The number of aryl methyl sites for hydroxylation is 1. The van der Waals surface area contributed by atoms with Crippen molar-refractivity contribution in [3.63, 3.8) is 0 Å². The number of anilines is 1. The van der Waals surface area contributed by atoms with Crippen LogP contribution in [0.5, 0.6) is 11.5 Å². The number of halogens is 4. The number of hydrogen-bond donors (Lipinski definition) is 0. The largest absolute Gasteiger partial charge is 0.493 e. The molecule has 12 nitrogen and oxygen atoms in total. The number of pyridine rings is 1. The van der Waals surface area contributed by atoms with Crippen molar-refractivity contribution < 1.29 is 56.0 Å². The molecule has 4 aliphatic rings. The van der Waals surface area contributed by atoms with E-state index in [2.05, 4.69) is 18.8 Å². The van der Waals surface area contributed by atoms with Crippen LogP contribution in [0.4, 0.5) is 23.7 Å². The maximum absolute atomic E-state index is 14.6. The van der Waals surface area contributed by atoms with Crippen LogP contribution in [0, 0.1) is 11.8 Å². The molecule has 2 aromatic carbocycles. The molecule has 2 heterocycles. The zero-order chi connectivity index (χ0) is 47.1. The van der Waals surface area contributed by atoms with Gasteiger partial charge in [-0.3, -0.25) is 19.6 Å². The molecule has 0 unspecified atom stereocenters. The molecule has 0 bridgehead atoms. The topological polar surface area (TPSA) is 134 Å². The van der Waals surface area contributed by atoms with Gasteiger partial charge in [0.2, 0.25) is 0 Å². The summed E-state index contributed by atoms with van der Waals surface area (Å²) in [6, 6.07) is 12.3. The minimum atomic E-state index is -5.32. The maximum atomic E-state index is 14.6. The number of hydrogen-bond acceptors (Lipinski definition) is 10. The molecular weight excluding hydrogens is 867 g/mol. The Kier molecular flexibility index (Phi) is 13.8. The first kappa shape index (κ1) is 47.9. The van der Waals surface area contributed by atoms with Crippen molar-refractivity contribution in [1.82, 2.24) is 9.88 Å². The fraction of sp³-hybridized carbons (Fsp3) is 0.571. The monoisotopic (exact) mass is 925 g/mol. The van der Waals surface area contributed by atoms with Crippen LogP contribution in [-0.4, -0.2) is 90.7 Å². The van der Waals surface area contributed by atoms with Crippen molar-refractivity contribution in [2.45, 2.75) is 140 Å². The van der Waals surface area contributed by atoms with E-state index in [1.54, 1.807) is 27.0 Å². The average molecular weight is 926 g/mol. The minimum Gasteiger partial charge on any atom is -0.493 e. The van der Waals surface area contributed by atoms with Gasteiger partial charge in [0.25, 0.3) is 0 Å². The van der Waals surface area contributed by atoms with Crippen LogP contribution in [0.3, 0.4) is 0 Å². The summed E-state index contributed by atoms with van der Waals surface area (Å²) in [6.45, 7) is 10.0. The second-order valence-corrected chi connectivity index (χ2v) is 19.7. The lowest BCUT2D eigenvalue weighted by Gasteiger charge is -2.51.